The normalized spacial score (nSPS) is 10.7. The lowest BCUT2D eigenvalue weighted by atomic mass is 10.0. The van der Waals surface area contributed by atoms with Crippen molar-refractivity contribution in [2.24, 2.45) is 0 Å². The minimum absolute atomic E-state index is 0.0817. The van der Waals surface area contributed by atoms with Crippen molar-refractivity contribution in [3.8, 4) is 0 Å². The van der Waals surface area contributed by atoms with Crippen LogP contribution in [0.25, 0.3) is 11.0 Å². The molecule has 0 aliphatic heterocycles. The fourth-order valence-electron chi connectivity index (χ4n) is 2.02. The summed E-state index contributed by atoms with van der Waals surface area (Å²) in [5.74, 6) is -2.72. The van der Waals surface area contributed by atoms with Gasteiger partial charge in [-0.15, -0.1) is 0 Å². The summed E-state index contributed by atoms with van der Waals surface area (Å²) < 4.78 is 14.4. The molecule has 0 unspecified atom stereocenters. The minimum atomic E-state index is -1.00. The van der Waals surface area contributed by atoms with E-state index < -0.39 is 17.4 Å². The second-order valence-electron chi connectivity index (χ2n) is 4.67. The molecule has 0 aliphatic carbocycles. The summed E-state index contributed by atoms with van der Waals surface area (Å²) in [6.45, 7) is 0. The van der Waals surface area contributed by atoms with Gasteiger partial charge in [-0.2, -0.15) is 0 Å². The Balaban J connectivity index is 2.02. The van der Waals surface area contributed by atoms with Gasteiger partial charge >= 0.3 is 0 Å². The van der Waals surface area contributed by atoms with Crippen LogP contribution < -0.4 is 0 Å². The Labute approximate surface area is 143 Å². The van der Waals surface area contributed by atoms with Crippen molar-refractivity contribution in [1.82, 2.24) is 9.97 Å². The Bertz CT molecular complexity index is 962. The number of halogens is 3. The first-order valence-electron chi connectivity index (χ1n) is 6.42. The highest BCUT2D eigenvalue weighted by molar-refractivity contribution is 9.10. The highest BCUT2D eigenvalue weighted by Gasteiger charge is 2.23. The van der Waals surface area contributed by atoms with Crippen molar-refractivity contribution >= 4 is 50.1 Å². The first kappa shape index (κ1) is 15.7. The van der Waals surface area contributed by atoms with Gasteiger partial charge in [0.05, 0.1) is 16.6 Å². The van der Waals surface area contributed by atoms with Crippen LogP contribution in [0.15, 0.2) is 47.1 Å². The molecule has 0 amide bonds. The summed E-state index contributed by atoms with van der Waals surface area (Å²) in [6.07, 6.45) is 1.60. The molecule has 0 spiro atoms. The smallest absolute Gasteiger partial charge is 0.251 e. The number of hydrogen-bond donors (Lipinski definition) is 0. The number of pyridine rings is 2. The molecule has 2 aromatic heterocycles. The van der Waals surface area contributed by atoms with E-state index in [-0.39, 0.29) is 16.3 Å². The minimum Gasteiger partial charge on any atom is -0.285 e. The van der Waals surface area contributed by atoms with E-state index in [0.29, 0.717) is 15.5 Å². The van der Waals surface area contributed by atoms with Gasteiger partial charge in [0.2, 0.25) is 5.78 Å². The lowest BCUT2D eigenvalue weighted by Gasteiger charge is -2.04. The highest BCUT2D eigenvalue weighted by Crippen LogP contribution is 2.19. The summed E-state index contributed by atoms with van der Waals surface area (Å²) in [4.78, 5) is 32.7. The van der Waals surface area contributed by atoms with Gasteiger partial charge in [-0.05, 0) is 52.3 Å². The van der Waals surface area contributed by atoms with Crippen LogP contribution in [0.3, 0.4) is 0 Å². The molecule has 7 heteroatoms. The number of aromatic nitrogens is 2. The molecule has 0 N–H and O–H groups in total. The molecule has 0 saturated heterocycles. The van der Waals surface area contributed by atoms with Gasteiger partial charge < -0.3 is 0 Å². The molecule has 0 bridgehead atoms. The van der Waals surface area contributed by atoms with Crippen LogP contribution >= 0.6 is 27.5 Å². The highest BCUT2D eigenvalue weighted by atomic mass is 79.9. The van der Waals surface area contributed by atoms with E-state index in [1.165, 1.54) is 12.1 Å². The molecule has 4 nitrogen and oxygen atoms in total. The average molecular weight is 394 g/mol. The number of hydrogen-bond acceptors (Lipinski definition) is 4. The topological polar surface area (TPSA) is 59.9 Å². The number of Topliss-reactive ketones (excluding diaryl/α,β-unsaturated/α-hetero) is 2. The lowest BCUT2D eigenvalue weighted by molar-refractivity contribution is 0.0811. The maximum Gasteiger partial charge on any atom is 0.251 e. The lowest BCUT2D eigenvalue weighted by Crippen LogP contribution is -2.17. The van der Waals surface area contributed by atoms with Crippen LogP contribution in [-0.4, -0.2) is 21.5 Å². The number of rotatable bonds is 3. The zero-order chi connectivity index (χ0) is 16.6. The Hall–Kier alpha value is -2.18. The van der Waals surface area contributed by atoms with Crippen LogP contribution in [0, 0.1) is 5.82 Å². The van der Waals surface area contributed by atoms with Crippen LogP contribution in [0.2, 0.25) is 5.02 Å². The van der Waals surface area contributed by atoms with E-state index in [9.17, 15) is 14.0 Å². The van der Waals surface area contributed by atoms with Gasteiger partial charge in [0.25, 0.3) is 5.78 Å². The number of ketones is 2. The fourth-order valence-corrected chi connectivity index (χ4v) is 2.51. The van der Waals surface area contributed by atoms with E-state index >= 15 is 0 Å². The third-order valence-corrected chi connectivity index (χ3v) is 3.78. The zero-order valence-electron chi connectivity index (χ0n) is 11.4. The second-order valence-corrected chi connectivity index (χ2v) is 6.02. The molecular weight excluding hydrogens is 387 g/mol. The fraction of sp³-hybridized carbons (Fsp3) is 0. The van der Waals surface area contributed by atoms with Gasteiger partial charge in [-0.3, -0.25) is 14.6 Å². The predicted molar refractivity (Wildman–Crippen MR) is 87.3 cm³/mol. The number of fused-ring (bicyclic) bond motifs is 1. The molecular formula is C16H7BrClFN2O2. The summed E-state index contributed by atoms with van der Waals surface area (Å²) in [7, 11) is 0. The summed E-state index contributed by atoms with van der Waals surface area (Å²) in [6, 6.07) is 8.09. The van der Waals surface area contributed by atoms with E-state index in [4.69, 9.17) is 11.6 Å². The Morgan fingerprint density at radius 2 is 1.83 bits per heavy atom. The van der Waals surface area contributed by atoms with Crippen molar-refractivity contribution in [1.29, 1.82) is 0 Å². The Morgan fingerprint density at radius 1 is 1.04 bits per heavy atom. The number of benzene rings is 1. The molecule has 23 heavy (non-hydrogen) atoms. The van der Waals surface area contributed by atoms with E-state index in [2.05, 4.69) is 25.9 Å². The molecule has 0 fully saturated rings. The molecule has 3 rings (SSSR count). The molecule has 0 radical (unpaired) electrons. The molecule has 0 aliphatic rings. The first-order chi connectivity index (χ1) is 11.0. The third-order valence-electron chi connectivity index (χ3n) is 3.12. The molecule has 0 atom stereocenters. The SMILES string of the molecule is O=C(C(=O)c1cc(Cl)ccc1F)c1ccc2ncc(Br)cc2n1. The van der Waals surface area contributed by atoms with E-state index in [1.807, 2.05) is 0 Å². The molecule has 0 saturated carbocycles. The monoisotopic (exact) mass is 392 g/mol. The molecule has 3 aromatic rings. The third kappa shape index (κ3) is 3.13. The van der Waals surface area contributed by atoms with Crippen molar-refractivity contribution in [2.75, 3.05) is 0 Å². The van der Waals surface area contributed by atoms with Gasteiger partial charge in [0.15, 0.2) is 0 Å². The molecule has 1 aromatic carbocycles. The first-order valence-corrected chi connectivity index (χ1v) is 7.59. The van der Waals surface area contributed by atoms with Gasteiger partial charge in [-0.25, -0.2) is 9.37 Å². The molecule has 2 heterocycles. The van der Waals surface area contributed by atoms with Crippen molar-refractivity contribution in [3.05, 3.63) is 69.2 Å². The van der Waals surface area contributed by atoms with Crippen molar-refractivity contribution in [2.45, 2.75) is 0 Å². The quantitative estimate of drug-likeness (QED) is 0.493. The largest absolute Gasteiger partial charge is 0.285 e. The maximum atomic E-state index is 13.7. The van der Waals surface area contributed by atoms with Crippen molar-refractivity contribution in [3.63, 3.8) is 0 Å². The van der Waals surface area contributed by atoms with E-state index in [1.54, 1.807) is 18.3 Å². The van der Waals surface area contributed by atoms with Crippen LogP contribution in [0.5, 0.6) is 0 Å². The van der Waals surface area contributed by atoms with Gasteiger partial charge in [0.1, 0.15) is 11.5 Å². The van der Waals surface area contributed by atoms with Crippen LogP contribution in [0.1, 0.15) is 20.8 Å². The van der Waals surface area contributed by atoms with Crippen LogP contribution in [0.4, 0.5) is 4.39 Å². The number of carbonyl (C=O) groups excluding carboxylic acids is 2. The predicted octanol–water partition coefficient (Wildman–Crippen LogP) is 4.25. The van der Waals surface area contributed by atoms with Gasteiger partial charge in [-0.1, -0.05) is 11.6 Å². The summed E-state index contributed by atoms with van der Waals surface area (Å²) in [5, 5.41) is 0.169. The Morgan fingerprint density at radius 3 is 2.61 bits per heavy atom. The summed E-state index contributed by atoms with van der Waals surface area (Å²) in [5.41, 5.74) is 0.564. The van der Waals surface area contributed by atoms with Crippen LogP contribution in [-0.2, 0) is 0 Å². The van der Waals surface area contributed by atoms with Crippen molar-refractivity contribution < 1.29 is 14.0 Å². The Kier molecular flexibility index (Phi) is 4.19. The number of carbonyl (C=O) groups is 2. The second kappa shape index (κ2) is 6.14. The molecule has 114 valence electrons. The average Bonchev–Trinajstić information content (AvgIpc) is 2.55. The summed E-state index contributed by atoms with van der Waals surface area (Å²) >= 11 is 9.01. The van der Waals surface area contributed by atoms with Gasteiger partial charge in [0, 0.05) is 15.7 Å². The van der Waals surface area contributed by atoms with E-state index in [0.717, 1.165) is 12.1 Å². The number of nitrogens with zero attached hydrogens (tertiary/aromatic N) is 2. The maximum absolute atomic E-state index is 13.7. The standard InChI is InChI=1S/C16H7BrClFN2O2/c17-8-5-14-12(20-7-8)3-4-13(21-14)16(23)15(22)10-6-9(18)1-2-11(10)19/h1-7H. The zero-order valence-corrected chi connectivity index (χ0v) is 13.7.